The largest absolute Gasteiger partial charge is 0.506 e. The summed E-state index contributed by atoms with van der Waals surface area (Å²) in [7, 11) is 1.29. The molecule has 1 aromatic heterocycles. The lowest BCUT2D eigenvalue weighted by atomic mass is 10.1. The Hall–Kier alpha value is -2.57. The van der Waals surface area contributed by atoms with Crippen LogP contribution < -0.4 is 4.90 Å². The number of nitrogens with zero attached hydrogens (tertiary/aromatic N) is 1. The first-order chi connectivity index (χ1) is 12.9. The Kier molecular flexibility index (Phi) is 5.68. The molecule has 140 valence electrons. The first kappa shape index (κ1) is 19.2. The summed E-state index contributed by atoms with van der Waals surface area (Å²) in [5.41, 5.74) is 1.36. The van der Waals surface area contributed by atoms with Gasteiger partial charge in [-0.25, -0.2) is 4.79 Å². The monoisotopic (exact) mass is 403 g/mol. The standard InChI is InChI=1S/C20H18ClNO4S/c1-12(23)22(11-10-13-6-4-3-5-7-13)19-16(20(25)26-2)14-8-9-15(24)17(21)18(14)27-19/h3-9,24H,10-11H2,1-2H3. The van der Waals surface area contributed by atoms with E-state index in [1.165, 1.54) is 31.4 Å². The second kappa shape index (κ2) is 7.98. The summed E-state index contributed by atoms with van der Waals surface area (Å²) in [4.78, 5) is 26.4. The summed E-state index contributed by atoms with van der Waals surface area (Å²) in [5.74, 6) is -0.820. The molecule has 3 aromatic rings. The molecule has 0 spiro atoms. The highest BCUT2D eigenvalue weighted by molar-refractivity contribution is 7.24. The average Bonchev–Trinajstić information content (AvgIpc) is 3.05. The minimum Gasteiger partial charge on any atom is -0.506 e. The van der Waals surface area contributed by atoms with E-state index in [-0.39, 0.29) is 22.2 Å². The van der Waals surface area contributed by atoms with E-state index in [4.69, 9.17) is 16.3 Å². The van der Waals surface area contributed by atoms with Gasteiger partial charge in [0.05, 0.1) is 11.8 Å². The van der Waals surface area contributed by atoms with Crippen molar-refractivity contribution in [3.63, 3.8) is 0 Å². The van der Waals surface area contributed by atoms with Gasteiger partial charge in [0.2, 0.25) is 5.91 Å². The number of rotatable bonds is 5. The predicted octanol–water partition coefficient (Wildman–Crippen LogP) is 4.64. The van der Waals surface area contributed by atoms with Gasteiger partial charge in [0.25, 0.3) is 0 Å². The van der Waals surface area contributed by atoms with Gasteiger partial charge in [-0.2, -0.15) is 0 Å². The molecule has 0 aliphatic heterocycles. The number of hydrogen-bond acceptors (Lipinski definition) is 5. The summed E-state index contributed by atoms with van der Waals surface area (Å²) < 4.78 is 5.47. The van der Waals surface area contributed by atoms with Gasteiger partial charge in [-0.15, -0.1) is 11.3 Å². The molecule has 0 radical (unpaired) electrons. The van der Waals surface area contributed by atoms with E-state index in [0.717, 1.165) is 5.56 Å². The molecule has 27 heavy (non-hydrogen) atoms. The van der Waals surface area contributed by atoms with Crippen LogP contribution in [0.25, 0.3) is 10.1 Å². The van der Waals surface area contributed by atoms with Gasteiger partial charge < -0.3 is 14.7 Å². The number of benzene rings is 2. The van der Waals surface area contributed by atoms with Crippen molar-refractivity contribution in [3.8, 4) is 5.75 Å². The highest BCUT2D eigenvalue weighted by Crippen LogP contribution is 2.44. The molecule has 5 nitrogen and oxygen atoms in total. The van der Waals surface area contributed by atoms with Crippen LogP contribution in [0, 0.1) is 0 Å². The van der Waals surface area contributed by atoms with Crippen molar-refractivity contribution < 1.29 is 19.4 Å². The van der Waals surface area contributed by atoms with Crippen LogP contribution in [0.15, 0.2) is 42.5 Å². The number of methoxy groups -OCH3 is 1. The normalized spacial score (nSPS) is 10.8. The third-order valence-corrected chi connectivity index (χ3v) is 5.98. The van der Waals surface area contributed by atoms with Gasteiger partial charge >= 0.3 is 5.97 Å². The lowest BCUT2D eigenvalue weighted by Gasteiger charge is -2.20. The highest BCUT2D eigenvalue weighted by Gasteiger charge is 2.27. The molecular formula is C20H18ClNO4S. The fourth-order valence-corrected chi connectivity index (χ4v) is 4.46. The number of carbonyl (C=O) groups excluding carboxylic acids is 2. The number of phenols is 1. The molecule has 0 bridgehead atoms. The van der Waals surface area contributed by atoms with Crippen molar-refractivity contribution in [2.75, 3.05) is 18.6 Å². The maximum absolute atomic E-state index is 12.4. The molecule has 3 rings (SSSR count). The zero-order valence-corrected chi connectivity index (χ0v) is 16.4. The Bertz CT molecular complexity index is 1000. The topological polar surface area (TPSA) is 66.8 Å². The Morgan fingerprint density at radius 2 is 1.89 bits per heavy atom. The van der Waals surface area contributed by atoms with Crippen molar-refractivity contribution in [2.45, 2.75) is 13.3 Å². The number of anilines is 1. The van der Waals surface area contributed by atoms with Crippen molar-refractivity contribution in [1.29, 1.82) is 0 Å². The first-order valence-electron chi connectivity index (χ1n) is 8.28. The molecule has 0 atom stereocenters. The second-order valence-electron chi connectivity index (χ2n) is 5.96. The number of carbonyl (C=O) groups is 2. The second-order valence-corrected chi connectivity index (χ2v) is 7.33. The van der Waals surface area contributed by atoms with E-state index >= 15 is 0 Å². The molecule has 0 unspecified atom stereocenters. The Morgan fingerprint density at radius 1 is 1.19 bits per heavy atom. The predicted molar refractivity (Wildman–Crippen MR) is 108 cm³/mol. The number of halogens is 1. The van der Waals surface area contributed by atoms with Gasteiger partial charge in [0, 0.05) is 18.9 Å². The van der Waals surface area contributed by atoms with Crippen LogP contribution in [0.1, 0.15) is 22.8 Å². The van der Waals surface area contributed by atoms with Crippen molar-refractivity contribution >= 4 is 49.9 Å². The SMILES string of the molecule is COC(=O)c1c(N(CCc2ccccc2)C(C)=O)sc2c(Cl)c(O)ccc12. The number of hydrogen-bond donors (Lipinski definition) is 1. The molecule has 1 amide bonds. The summed E-state index contributed by atoms with van der Waals surface area (Å²) in [6, 6.07) is 12.8. The molecule has 0 saturated carbocycles. The molecule has 2 aromatic carbocycles. The summed E-state index contributed by atoms with van der Waals surface area (Å²) in [6.07, 6.45) is 0.633. The third kappa shape index (κ3) is 3.77. The molecule has 0 aliphatic rings. The van der Waals surface area contributed by atoms with Crippen LogP contribution in [-0.2, 0) is 16.0 Å². The summed E-state index contributed by atoms with van der Waals surface area (Å²) >= 11 is 7.41. The van der Waals surface area contributed by atoms with Crippen molar-refractivity contribution in [2.24, 2.45) is 0 Å². The molecule has 0 fully saturated rings. The Labute approximate surface area is 165 Å². The lowest BCUT2D eigenvalue weighted by molar-refractivity contribution is -0.116. The zero-order chi connectivity index (χ0) is 19.6. The third-order valence-electron chi connectivity index (χ3n) is 4.24. The maximum Gasteiger partial charge on any atom is 0.341 e. The summed E-state index contributed by atoms with van der Waals surface area (Å²) in [5, 5.41) is 11.1. The number of ether oxygens (including phenoxy) is 1. The summed E-state index contributed by atoms with van der Waals surface area (Å²) in [6.45, 7) is 1.86. The molecule has 0 aliphatic carbocycles. The number of aromatic hydroxyl groups is 1. The minimum atomic E-state index is -0.552. The number of phenolic OH excluding ortho intramolecular Hbond substituents is 1. The number of thiophene rings is 1. The molecule has 1 N–H and O–H groups in total. The maximum atomic E-state index is 12.4. The van der Waals surface area contributed by atoms with Gasteiger partial charge in [-0.1, -0.05) is 41.9 Å². The smallest absolute Gasteiger partial charge is 0.341 e. The van der Waals surface area contributed by atoms with E-state index in [0.29, 0.717) is 28.1 Å². The van der Waals surface area contributed by atoms with Crippen LogP contribution in [-0.4, -0.2) is 30.6 Å². The van der Waals surface area contributed by atoms with Gasteiger partial charge in [-0.3, -0.25) is 4.79 Å². The molecule has 7 heteroatoms. The molecule has 0 saturated heterocycles. The Balaban J connectivity index is 2.09. The van der Waals surface area contributed by atoms with Crippen LogP contribution in [0.3, 0.4) is 0 Å². The molecule has 1 heterocycles. The van der Waals surface area contributed by atoms with E-state index in [1.54, 1.807) is 11.0 Å². The van der Waals surface area contributed by atoms with E-state index in [1.807, 2.05) is 30.3 Å². The quantitative estimate of drug-likeness (QED) is 0.630. The number of fused-ring (bicyclic) bond motifs is 1. The fourth-order valence-electron chi connectivity index (χ4n) is 2.88. The van der Waals surface area contributed by atoms with E-state index in [9.17, 15) is 14.7 Å². The average molecular weight is 404 g/mol. The Morgan fingerprint density at radius 3 is 2.52 bits per heavy atom. The lowest BCUT2D eigenvalue weighted by Crippen LogP contribution is -2.31. The molecular weight excluding hydrogens is 386 g/mol. The van der Waals surface area contributed by atoms with Gasteiger partial charge in [-0.05, 0) is 24.1 Å². The van der Waals surface area contributed by atoms with Crippen LogP contribution in [0.2, 0.25) is 5.02 Å². The number of amides is 1. The van der Waals surface area contributed by atoms with Gasteiger partial charge in [0.15, 0.2) is 0 Å². The van der Waals surface area contributed by atoms with E-state index in [2.05, 4.69) is 0 Å². The number of esters is 1. The van der Waals surface area contributed by atoms with Crippen LogP contribution in [0.5, 0.6) is 5.75 Å². The van der Waals surface area contributed by atoms with Crippen molar-refractivity contribution in [3.05, 3.63) is 58.6 Å². The van der Waals surface area contributed by atoms with Crippen LogP contribution in [0.4, 0.5) is 5.00 Å². The highest BCUT2D eigenvalue weighted by atomic mass is 35.5. The first-order valence-corrected chi connectivity index (χ1v) is 9.47. The van der Waals surface area contributed by atoms with E-state index < -0.39 is 5.97 Å². The fraction of sp³-hybridized carbons (Fsp3) is 0.200. The zero-order valence-electron chi connectivity index (χ0n) is 14.9. The van der Waals surface area contributed by atoms with Crippen molar-refractivity contribution in [1.82, 2.24) is 0 Å². The van der Waals surface area contributed by atoms with Crippen LogP contribution >= 0.6 is 22.9 Å². The minimum absolute atomic E-state index is 0.0768. The van der Waals surface area contributed by atoms with Gasteiger partial charge in [0.1, 0.15) is 21.3 Å².